The molecule has 26 heavy (non-hydrogen) atoms. The van der Waals surface area contributed by atoms with Gasteiger partial charge in [0.05, 0.1) is 19.6 Å². The lowest BCUT2D eigenvalue weighted by Crippen LogP contribution is -2.51. The predicted molar refractivity (Wildman–Crippen MR) is 98.9 cm³/mol. The van der Waals surface area contributed by atoms with Crippen molar-refractivity contribution in [3.8, 4) is 5.75 Å². The first-order chi connectivity index (χ1) is 12.6. The Balaban J connectivity index is 1.74. The molecule has 0 radical (unpaired) electrons. The molecule has 1 atom stereocenters. The molecule has 1 fully saturated rings. The van der Waals surface area contributed by atoms with E-state index in [1.54, 1.807) is 19.1 Å². The highest BCUT2D eigenvalue weighted by Crippen LogP contribution is 2.14. The van der Waals surface area contributed by atoms with E-state index in [9.17, 15) is 9.59 Å². The molecular weight excluding hydrogens is 334 g/mol. The van der Waals surface area contributed by atoms with Gasteiger partial charge in [-0.25, -0.2) is 0 Å². The van der Waals surface area contributed by atoms with Gasteiger partial charge in [0.15, 0.2) is 0 Å². The van der Waals surface area contributed by atoms with Crippen molar-refractivity contribution in [3.05, 3.63) is 29.8 Å². The molecule has 144 valence electrons. The number of benzene rings is 1. The second-order valence-corrected chi connectivity index (χ2v) is 6.41. The molecule has 1 heterocycles. The summed E-state index contributed by atoms with van der Waals surface area (Å²) in [5.74, 6) is 0.975. The molecule has 7 heteroatoms. The zero-order valence-electron chi connectivity index (χ0n) is 15.6. The van der Waals surface area contributed by atoms with Crippen LogP contribution in [0.2, 0.25) is 0 Å². The summed E-state index contributed by atoms with van der Waals surface area (Å²) < 4.78 is 10.3. The molecule has 7 nitrogen and oxygen atoms in total. The van der Waals surface area contributed by atoms with E-state index in [2.05, 4.69) is 0 Å². The van der Waals surface area contributed by atoms with Crippen LogP contribution in [0.3, 0.4) is 0 Å². The maximum absolute atomic E-state index is 12.4. The second kappa shape index (κ2) is 10.1. The zero-order chi connectivity index (χ0) is 18.9. The van der Waals surface area contributed by atoms with Gasteiger partial charge in [0, 0.05) is 46.3 Å². The van der Waals surface area contributed by atoms with Gasteiger partial charge in [0.25, 0.3) is 0 Å². The summed E-state index contributed by atoms with van der Waals surface area (Å²) in [6.07, 6.45) is 1.22. The van der Waals surface area contributed by atoms with E-state index in [-0.39, 0.29) is 17.9 Å². The minimum absolute atomic E-state index is 0.0348. The first kappa shape index (κ1) is 20.2. The Labute approximate surface area is 155 Å². The Bertz CT molecular complexity index is 579. The zero-order valence-corrected chi connectivity index (χ0v) is 15.6. The van der Waals surface area contributed by atoms with Crippen LogP contribution in [0.25, 0.3) is 0 Å². The number of nitrogens with zero attached hydrogens (tertiary/aromatic N) is 2. The summed E-state index contributed by atoms with van der Waals surface area (Å²) in [7, 11) is 3.19. The molecule has 2 amide bonds. The predicted octanol–water partition coefficient (Wildman–Crippen LogP) is 0.662. The topological polar surface area (TPSA) is 85.1 Å². The van der Waals surface area contributed by atoms with E-state index in [1.807, 2.05) is 29.2 Å². The van der Waals surface area contributed by atoms with Crippen LogP contribution in [0.4, 0.5) is 0 Å². The van der Waals surface area contributed by atoms with Crippen LogP contribution in [0, 0.1) is 0 Å². The van der Waals surface area contributed by atoms with Crippen LogP contribution in [0.1, 0.15) is 18.4 Å². The van der Waals surface area contributed by atoms with Crippen molar-refractivity contribution in [2.75, 3.05) is 46.9 Å². The number of hydrogen-bond acceptors (Lipinski definition) is 5. The Kier molecular flexibility index (Phi) is 7.87. The third-order valence-electron chi connectivity index (χ3n) is 4.77. The summed E-state index contributed by atoms with van der Waals surface area (Å²) in [4.78, 5) is 28.3. The Morgan fingerprint density at radius 2 is 1.62 bits per heavy atom. The lowest BCUT2D eigenvalue weighted by molar-refractivity contribution is -0.140. The molecule has 1 saturated heterocycles. The van der Waals surface area contributed by atoms with Gasteiger partial charge in [-0.3, -0.25) is 9.59 Å². The third kappa shape index (κ3) is 5.71. The Morgan fingerprint density at radius 3 is 2.12 bits per heavy atom. The molecule has 0 saturated carbocycles. The largest absolute Gasteiger partial charge is 0.497 e. The SMILES string of the molecule is COc1ccc(CCC(=O)N2CCN(C(=O)CC(CN)OC)CC2)cc1. The fraction of sp³-hybridized carbons (Fsp3) is 0.579. The lowest BCUT2D eigenvalue weighted by atomic mass is 10.1. The smallest absolute Gasteiger partial charge is 0.225 e. The van der Waals surface area contributed by atoms with Crippen molar-refractivity contribution in [1.29, 1.82) is 0 Å². The van der Waals surface area contributed by atoms with Crippen molar-refractivity contribution in [2.45, 2.75) is 25.4 Å². The number of aryl methyl sites for hydroxylation is 1. The van der Waals surface area contributed by atoms with Crippen LogP contribution >= 0.6 is 0 Å². The van der Waals surface area contributed by atoms with Crippen molar-refractivity contribution in [3.63, 3.8) is 0 Å². The third-order valence-corrected chi connectivity index (χ3v) is 4.77. The van der Waals surface area contributed by atoms with E-state index in [4.69, 9.17) is 15.2 Å². The van der Waals surface area contributed by atoms with Crippen molar-refractivity contribution >= 4 is 11.8 Å². The summed E-state index contributed by atoms with van der Waals surface area (Å²) >= 11 is 0. The van der Waals surface area contributed by atoms with Crippen LogP contribution in [-0.2, 0) is 20.7 Å². The molecule has 0 bridgehead atoms. The standard InChI is InChI=1S/C19H29N3O4/c1-25-16-6-3-15(4-7-16)5-8-18(23)21-9-11-22(12-10-21)19(24)13-17(14-20)26-2/h3-4,6-7,17H,5,8-14,20H2,1-2H3. The van der Waals surface area contributed by atoms with Crippen LogP contribution in [0.5, 0.6) is 5.75 Å². The first-order valence-corrected chi connectivity index (χ1v) is 8.98. The van der Waals surface area contributed by atoms with Gasteiger partial charge in [0.2, 0.25) is 11.8 Å². The van der Waals surface area contributed by atoms with Crippen LogP contribution < -0.4 is 10.5 Å². The molecular formula is C19H29N3O4. The van der Waals surface area contributed by atoms with Crippen LogP contribution in [-0.4, -0.2) is 74.7 Å². The lowest BCUT2D eigenvalue weighted by Gasteiger charge is -2.35. The van der Waals surface area contributed by atoms with Crippen LogP contribution in [0.15, 0.2) is 24.3 Å². The first-order valence-electron chi connectivity index (χ1n) is 8.98. The molecule has 1 unspecified atom stereocenters. The van der Waals surface area contributed by atoms with Crippen molar-refractivity contribution in [2.24, 2.45) is 5.73 Å². The molecule has 2 N–H and O–H groups in total. The molecule has 0 spiro atoms. The molecule has 2 rings (SSSR count). The highest BCUT2D eigenvalue weighted by atomic mass is 16.5. The molecule has 1 aliphatic rings. The quantitative estimate of drug-likeness (QED) is 0.733. The Morgan fingerprint density at radius 1 is 1.04 bits per heavy atom. The summed E-state index contributed by atoms with van der Waals surface area (Å²) in [5, 5.41) is 0. The maximum atomic E-state index is 12.4. The van der Waals surface area contributed by atoms with E-state index in [0.717, 1.165) is 11.3 Å². The fourth-order valence-electron chi connectivity index (χ4n) is 2.99. The molecule has 1 aromatic rings. The van der Waals surface area contributed by atoms with Gasteiger partial charge in [-0.2, -0.15) is 0 Å². The highest BCUT2D eigenvalue weighted by molar-refractivity contribution is 5.79. The van der Waals surface area contributed by atoms with Gasteiger partial charge in [-0.15, -0.1) is 0 Å². The normalized spacial score (nSPS) is 15.7. The molecule has 0 aromatic heterocycles. The number of piperazine rings is 1. The summed E-state index contributed by atoms with van der Waals surface area (Å²) in [6.45, 7) is 2.61. The summed E-state index contributed by atoms with van der Waals surface area (Å²) in [5.41, 5.74) is 6.68. The minimum atomic E-state index is -0.244. The van der Waals surface area contributed by atoms with Crippen molar-refractivity contribution in [1.82, 2.24) is 9.80 Å². The van der Waals surface area contributed by atoms with Gasteiger partial charge < -0.3 is 25.0 Å². The van der Waals surface area contributed by atoms with Gasteiger partial charge in [-0.1, -0.05) is 12.1 Å². The number of carbonyl (C=O) groups is 2. The number of carbonyl (C=O) groups excluding carboxylic acids is 2. The number of methoxy groups -OCH3 is 2. The number of rotatable bonds is 8. The van der Waals surface area contributed by atoms with E-state index in [0.29, 0.717) is 52.0 Å². The maximum Gasteiger partial charge on any atom is 0.225 e. The van der Waals surface area contributed by atoms with E-state index < -0.39 is 0 Å². The summed E-state index contributed by atoms with van der Waals surface area (Å²) in [6, 6.07) is 7.76. The molecule has 1 aromatic carbocycles. The number of amides is 2. The van der Waals surface area contributed by atoms with Gasteiger partial charge in [-0.05, 0) is 24.1 Å². The highest BCUT2D eigenvalue weighted by Gasteiger charge is 2.25. The van der Waals surface area contributed by atoms with E-state index in [1.165, 1.54) is 0 Å². The minimum Gasteiger partial charge on any atom is -0.497 e. The fourth-order valence-corrected chi connectivity index (χ4v) is 2.99. The van der Waals surface area contributed by atoms with Crippen molar-refractivity contribution < 1.29 is 19.1 Å². The van der Waals surface area contributed by atoms with Gasteiger partial charge >= 0.3 is 0 Å². The second-order valence-electron chi connectivity index (χ2n) is 6.41. The monoisotopic (exact) mass is 363 g/mol. The average molecular weight is 363 g/mol. The molecule has 1 aliphatic heterocycles. The average Bonchev–Trinajstić information content (AvgIpc) is 2.70. The molecule has 0 aliphatic carbocycles. The number of ether oxygens (including phenoxy) is 2. The number of nitrogens with two attached hydrogens (primary N) is 1. The number of hydrogen-bond donors (Lipinski definition) is 1. The van der Waals surface area contributed by atoms with Gasteiger partial charge in [0.1, 0.15) is 5.75 Å². The van der Waals surface area contributed by atoms with E-state index >= 15 is 0 Å². The Hall–Kier alpha value is -2.12.